The largest absolute Gasteiger partial charge is 0.461 e. The number of methoxy groups -OCH3 is 1. The Morgan fingerprint density at radius 3 is 2.46 bits per heavy atom. The van der Waals surface area contributed by atoms with Crippen molar-refractivity contribution in [3.05, 3.63) is 53.2 Å². The number of hydrogen-bond donors (Lipinski definition) is 2. The van der Waals surface area contributed by atoms with Crippen LogP contribution in [0.15, 0.2) is 30.3 Å². The zero-order valence-electron chi connectivity index (χ0n) is 30.8. The lowest BCUT2D eigenvalue weighted by Crippen LogP contribution is -2.43. The number of benzene rings is 2. The van der Waals surface area contributed by atoms with E-state index in [0.29, 0.717) is 71.6 Å². The van der Waals surface area contributed by atoms with E-state index in [-0.39, 0.29) is 34.2 Å². The van der Waals surface area contributed by atoms with Crippen LogP contribution in [-0.4, -0.2) is 84.1 Å². The second kappa shape index (κ2) is 15.9. The molecule has 2 unspecified atom stereocenters. The van der Waals surface area contributed by atoms with E-state index in [1.54, 1.807) is 12.1 Å². The molecule has 54 heavy (non-hydrogen) atoms. The van der Waals surface area contributed by atoms with Crippen molar-refractivity contribution in [3.63, 3.8) is 0 Å². The van der Waals surface area contributed by atoms with Crippen molar-refractivity contribution in [2.24, 2.45) is 11.8 Å². The van der Waals surface area contributed by atoms with Gasteiger partial charge in [0.15, 0.2) is 11.9 Å². The maximum Gasteiger partial charge on any atom is 0.414 e. The van der Waals surface area contributed by atoms with Gasteiger partial charge in [0.1, 0.15) is 29.5 Å². The summed E-state index contributed by atoms with van der Waals surface area (Å²) < 4.78 is 78.1. The van der Waals surface area contributed by atoms with Gasteiger partial charge in [0.2, 0.25) is 0 Å². The number of terminal acetylenes is 1. The zero-order valence-corrected chi connectivity index (χ0v) is 30.8. The van der Waals surface area contributed by atoms with Crippen molar-refractivity contribution in [1.82, 2.24) is 25.2 Å². The summed E-state index contributed by atoms with van der Waals surface area (Å²) in [4.78, 5) is 17.0. The molecule has 2 aromatic carbocycles. The topological polar surface area (TPSA) is 84.4 Å². The highest BCUT2D eigenvalue weighted by Crippen LogP contribution is 2.42. The standard InChI is InChI=1S/C35H38F2N6O.C6H9F3O/c1-3-22-10-13-27-29-32(30(37)31(40-27)25-9-5-8-23-11-12-26(36)24(4-2)28(23)25)41-34(42-33(29)39-17-16-38-20-22)44-21-35-14-6-18-43(35)19-7-15-35;1-10-5(4-2-3-4)6(7,8)9/h2,5,8-9,11-12,22,38H,3,6-7,10,13-21H2,1H3,(H,39,41,42);4-5H,2-3H2,1H3. The van der Waals surface area contributed by atoms with Gasteiger partial charge in [-0.15, -0.1) is 6.42 Å². The Bertz CT molecular complexity index is 2020. The molecule has 3 aliphatic heterocycles. The first-order valence-corrected chi connectivity index (χ1v) is 19.1. The van der Waals surface area contributed by atoms with Gasteiger partial charge in [-0.1, -0.05) is 43.5 Å². The molecule has 2 N–H and O–H groups in total. The normalized spacial score (nSPS) is 20.7. The number of nitrogens with zero attached hydrogens (tertiary/aromatic N) is 4. The Labute approximate surface area is 312 Å². The van der Waals surface area contributed by atoms with Crippen LogP contribution < -0.4 is 15.4 Å². The predicted octanol–water partition coefficient (Wildman–Crippen LogP) is 8.06. The third kappa shape index (κ3) is 7.70. The van der Waals surface area contributed by atoms with E-state index in [0.717, 1.165) is 71.8 Å². The molecule has 8 rings (SSSR count). The minimum atomic E-state index is -4.17. The van der Waals surface area contributed by atoms with Crippen molar-refractivity contribution in [3.8, 4) is 29.6 Å². The third-order valence-corrected chi connectivity index (χ3v) is 11.5. The molecule has 3 fully saturated rings. The summed E-state index contributed by atoms with van der Waals surface area (Å²) in [5, 5.41) is 8.71. The summed E-state index contributed by atoms with van der Waals surface area (Å²) in [6, 6.07) is 8.58. The lowest BCUT2D eigenvalue weighted by molar-refractivity contribution is -0.218. The molecule has 13 heteroatoms. The number of aryl methyl sites for hydroxylation is 1. The quantitative estimate of drug-likeness (QED) is 0.145. The van der Waals surface area contributed by atoms with E-state index in [1.165, 1.54) is 6.07 Å². The molecule has 0 amide bonds. The average molecular weight is 751 g/mol. The highest BCUT2D eigenvalue weighted by molar-refractivity contribution is 6.02. The number of alkyl halides is 3. The molecule has 2 saturated heterocycles. The van der Waals surface area contributed by atoms with Crippen LogP contribution in [0.5, 0.6) is 6.01 Å². The van der Waals surface area contributed by atoms with Crippen LogP contribution in [-0.2, 0) is 11.2 Å². The molecule has 8 nitrogen and oxygen atoms in total. The molecule has 4 aliphatic rings. The molecule has 288 valence electrons. The number of fused-ring (bicyclic) bond motifs is 2. The van der Waals surface area contributed by atoms with Crippen LogP contribution in [0.2, 0.25) is 0 Å². The van der Waals surface area contributed by atoms with Gasteiger partial charge in [-0.05, 0) is 94.3 Å². The number of hydrogen-bond acceptors (Lipinski definition) is 8. The molecule has 1 aliphatic carbocycles. The third-order valence-electron chi connectivity index (χ3n) is 11.5. The Hall–Kier alpha value is -4.12. The van der Waals surface area contributed by atoms with Crippen molar-refractivity contribution >= 4 is 27.5 Å². The lowest BCUT2D eigenvalue weighted by atomic mass is 9.94. The molecule has 0 spiro atoms. The molecule has 4 aromatic rings. The number of pyridine rings is 1. The molecule has 0 bridgehead atoms. The zero-order chi connectivity index (χ0) is 38.0. The molecular formula is C41H47F5N6O2. The number of anilines is 1. The second-order valence-electron chi connectivity index (χ2n) is 15.0. The monoisotopic (exact) mass is 750 g/mol. The molecule has 0 radical (unpaired) electrons. The molecule has 2 aromatic heterocycles. The van der Waals surface area contributed by atoms with E-state index in [1.807, 2.05) is 12.1 Å². The fourth-order valence-electron chi connectivity index (χ4n) is 8.49. The summed E-state index contributed by atoms with van der Waals surface area (Å²) in [5.41, 5.74) is 1.49. The number of nitrogens with one attached hydrogen (secondary N) is 2. The Morgan fingerprint density at radius 2 is 1.80 bits per heavy atom. The van der Waals surface area contributed by atoms with Crippen LogP contribution in [0.25, 0.3) is 32.9 Å². The van der Waals surface area contributed by atoms with E-state index >= 15 is 4.39 Å². The highest BCUT2D eigenvalue weighted by Gasteiger charge is 2.49. The maximum atomic E-state index is 16.9. The predicted molar refractivity (Wildman–Crippen MR) is 199 cm³/mol. The summed E-state index contributed by atoms with van der Waals surface area (Å²) in [6.45, 7) is 7.06. The van der Waals surface area contributed by atoms with Crippen LogP contribution in [0.3, 0.4) is 0 Å². The number of rotatable bonds is 7. The van der Waals surface area contributed by atoms with Gasteiger partial charge in [0.05, 0.1) is 22.2 Å². The van der Waals surface area contributed by atoms with Gasteiger partial charge >= 0.3 is 12.2 Å². The molecule has 2 atom stereocenters. The minimum Gasteiger partial charge on any atom is -0.461 e. The molecular weight excluding hydrogens is 703 g/mol. The van der Waals surface area contributed by atoms with Gasteiger partial charge in [-0.3, -0.25) is 4.90 Å². The first-order chi connectivity index (χ1) is 26.1. The Morgan fingerprint density at radius 1 is 1.02 bits per heavy atom. The SMILES string of the molecule is C#Cc1c(F)ccc2cccc(-c3nc4c5c(nc(OCC67CCCN6CCC7)nc5c3F)NCCNCC(CC)CC4)c12.COC(C1CC1)C(F)(F)F. The summed E-state index contributed by atoms with van der Waals surface area (Å²) >= 11 is 0. The first-order valence-electron chi connectivity index (χ1n) is 19.1. The Kier molecular flexibility index (Phi) is 11.3. The van der Waals surface area contributed by atoms with Crippen molar-refractivity contribution in [2.45, 2.75) is 82.5 Å². The van der Waals surface area contributed by atoms with E-state index in [9.17, 15) is 17.6 Å². The number of halogens is 5. The van der Waals surface area contributed by atoms with Crippen LogP contribution >= 0.6 is 0 Å². The van der Waals surface area contributed by atoms with Crippen molar-refractivity contribution < 1.29 is 31.4 Å². The van der Waals surface area contributed by atoms with Crippen LogP contribution in [0.1, 0.15) is 69.5 Å². The first kappa shape index (κ1) is 38.2. The van der Waals surface area contributed by atoms with Gasteiger partial charge in [0, 0.05) is 31.1 Å². The summed E-state index contributed by atoms with van der Waals surface area (Å²) in [7, 11) is 1.11. The van der Waals surface area contributed by atoms with Crippen molar-refractivity contribution in [1.29, 1.82) is 0 Å². The van der Waals surface area contributed by atoms with Gasteiger partial charge in [-0.2, -0.15) is 23.1 Å². The minimum absolute atomic E-state index is 0.00446. The van der Waals surface area contributed by atoms with Crippen molar-refractivity contribution in [2.75, 3.05) is 51.8 Å². The fraction of sp³-hybridized carbons (Fsp3) is 0.537. The van der Waals surface area contributed by atoms with E-state index < -0.39 is 23.9 Å². The van der Waals surface area contributed by atoms with Crippen LogP contribution in [0, 0.1) is 35.8 Å². The van der Waals surface area contributed by atoms with Gasteiger partial charge in [0.25, 0.3) is 0 Å². The number of aromatic nitrogens is 3. The maximum absolute atomic E-state index is 16.9. The highest BCUT2D eigenvalue weighted by atomic mass is 19.4. The fourth-order valence-corrected chi connectivity index (χ4v) is 8.49. The Balaban J connectivity index is 0.000000392. The van der Waals surface area contributed by atoms with Gasteiger partial charge < -0.3 is 20.1 Å². The molecule has 5 heterocycles. The summed E-state index contributed by atoms with van der Waals surface area (Å²) in [6.07, 6.45) is 8.35. The van der Waals surface area contributed by atoms with E-state index in [2.05, 4.69) is 33.1 Å². The lowest BCUT2D eigenvalue weighted by Gasteiger charge is -2.31. The van der Waals surface area contributed by atoms with Gasteiger partial charge in [-0.25, -0.2) is 13.8 Å². The smallest absolute Gasteiger partial charge is 0.414 e. The van der Waals surface area contributed by atoms with E-state index in [4.69, 9.17) is 26.1 Å². The summed E-state index contributed by atoms with van der Waals surface area (Å²) in [5.74, 6) is 2.05. The second-order valence-corrected chi connectivity index (χ2v) is 15.0. The number of ether oxygens (including phenoxy) is 2. The average Bonchev–Trinajstić information content (AvgIpc) is 3.78. The molecule has 1 saturated carbocycles. The van der Waals surface area contributed by atoms with Crippen LogP contribution in [0.4, 0.5) is 27.8 Å².